The summed E-state index contributed by atoms with van der Waals surface area (Å²) < 4.78 is 1.79. The van der Waals surface area contributed by atoms with Crippen LogP contribution in [0.1, 0.15) is 24.9 Å². The van der Waals surface area contributed by atoms with Crippen molar-refractivity contribution in [2.75, 3.05) is 38.0 Å². The summed E-state index contributed by atoms with van der Waals surface area (Å²) in [4.78, 5) is 25.6. The average molecular weight is 370 g/mol. The molecule has 2 heterocycles. The molecule has 1 saturated heterocycles. The van der Waals surface area contributed by atoms with Gasteiger partial charge in [0.25, 0.3) is 0 Å². The van der Waals surface area contributed by atoms with Crippen molar-refractivity contribution in [3.05, 3.63) is 48.2 Å². The first kappa shape index (κ1) is 18.9. The molecule has 27 heavy (non-hydrogen) atoms. The average Bonchev–Trinajstić information content (AvgIpc) is 3.13. The zero-order valence-electron chi connectivity index (χ0n) is 15.5. The van der Waals surface area contributed by atoms with E-state index in [9.17, 15) is 9.59 Å². The van der Waals surface area contributed by atoms with Gasteiger partial charge in [-0.1, -0.05) is 30.3 Å². The van der Waals surface area contributed by atoms with Gasteiger partial charge in [-0.15, -0.1) is 0 Å². The van der Waals surface area contributed by atoms with Gasteiger partial charge in [-0.25, -0.2) is 9.48 Å². The molecule has 0 aliphatic carbocycles. The van der Waals surface area contributed by atoms with Crippen LogP contribution in [0.5, 0.6) is 0 Å². The second-order valence-electron chi connectivity index (χ2n) is 6.61. The van der Waals surface area contributed by atoms with Crippen molar-refractivity contribution < 1.29 is 9.59 Å². The molecular formula is C19H26N6O2. The Morgan fingerprint density at radius 1 is 1.30 bits per heavy atom. The summed E-state index contributed by atoms with van der Waals surface area (Å²) in [7, 11) is 0. The van der Waals surface area contributed by atoms with E-state index in [0.717, 1.165) is 25.1 Å². The highest BCUT2D eigenvalue weighted by molar-refractivity contribution is 5.88. The maximum absolute atomic E-state index is 12.2. The van der Waals surface area contributed by atoms with Crippen molar-refractivity contribution in [2.24, 2.45) is 0 Å². The maximum atomic E-state index is 12.2. The Morgan fingerprint density at radius 2 is 2.11 bits per heavy atom. The van der Waals surface area contributed by atoms with Gasteiger partial charge in [0.05, 0.1) is 18.8 Å². The molecular weight excluding hydrogens is 344 g/mol. The number of nitrogens with zero attached hydrogens (tertiary/aromatic N) is 3. The smallest absolute Gasteiger partial charge is 0.320 e. The molecule has 3 N–H and O–H groups in total. The fraction of sp³-hybridized carbons (Fsp3) is 0.421. The third-order valence-corrected chi connectivity index (χ3v) is 4.61. The summed E-state index contributed by atoms with van der Waals surface area (Å²) in [5.74, 6) is 0.712. The summed E-state index contributed by atoms with van der Waals surface area (Å²) in [6, 6.07) is 11.6. The van der Waals surface area contributed by atoms with E-state index in [2.05, 4.69) is 25.9 Å². The van der Waals surface area contributed by atoms with Crippen molar-refractivity contribution in [3.63, 3.8) is 0 Å². The van der Waals surface area contributed by atoms with E-state index < -0.39 is 0 Å². The van der Waals surface area contributed by atoms with Crippen LogP contribution < -0.4 is 16.0 Å². The molecule has 8 heteroatoms. The van der Waals surface area contributed by atoms with Gasteiger partial charge in [0.2, 0.25) is 5.91 Å². The minimum absolute atomic E-state index is 0.0155. The molecule has 1 fully saturated rings. The fourth-order valence-electron chi connectivity index (χ4n) is 3.14. The molecule has 1 aliphatic rings. The molecule has 1 aromatic heterocycles. The second-order valence-corrected chi connectivity index (χ2v) is 6.61. The molecule has 8 nitrogen and oxygen atoms in total. The lowest BCUT2D eigenvalue weighted by molar-refractivity contribution is -0.124. The zero-order valence-corrected chi connectivity index (χ0v) is 15.5. The van der Waals surface area contributed by atoms with Crippen LogP contribution in [-0.2, 0) is 4.79 Å². The molecule has 0 radical (unpaired) electrons. The topological polar surface area (TPSA) is 91.3 Å². The number of piperazine rings is 1. The monoisotopic (exact) mass is 370 g/mol. The van der Waals surface area contributed by atoms with E-state index in [-0.39, 0.29) is 18.0 Å². The Kier molecular flexibility index (Phi) is 6.43. The van der Waals surface area contributed by atoms with Crippen LogP contribution in [0.15, 0.2) is 42.6 Å². The van der Waals surface area contributed by atoms with Crippen molar-refractivity contribution in [1.82, 2.24) is 25.3 Å². The van der Waals surface area contributed by atoms with Gasteiger partial charge in [-0.3, -0.25) is 15.0 Å². The predicted molar refractivity (Wildman–Crippen MR) is 104 cm³/mol. The molecule has 1 unspecified atom stereocenters. The normalized spacial score (nSPS) is 15.8. The Hall–Kier alpha value is -2.87. The molecule has 3 amide bonds. The van der Waals surface area contributed by atoms with Gasteiger partial charge in [-0.2, -0.15) is 5.10 Å². The highest BCUT2D eigenvalue weighted by Gasteiger charge is 2.16. The number of urea groups is 1. The number of hydrogen-bond donors (Lipinski definition) is 3. The number of benzene rings is 1. The van der Waals surface area contributed by atoms with Crippen LogP contribution >= 0.6 is 0 Å². The summed E-state index contributed by atoms with van der Waals surface area (Å²) in [6.45, 7) is 5.36. The first-order chi connectivity index (χ1) is 13.1. The van der Waals surface area contributed by atoms with Gasteiger partial charge in [0.15, 0.2) is 0 Å². The summed E-state index contributed by atoms with van der Waals surface area (Å²) in [5.41, 5.74) is 1.12. The SMILES string of the molecule is CC(c1ccccc1)n1nccc1NC(=O)NCCCN1CCNC(=O)C1. The molecule has 2 aromatic rings. The lowest BCUT2D eigenvalue weighted by Gasteiger charge is -2.26. The highest BCUT2D eigenvalue weighted by atomic mass is 16.2. The van der Waals surface area contributed by atoms with Gasteiger partial charge >= 0.3 is 6.03 Å². The van der Waals surface area contributed by atoms with E-state index in [4.69, 9.17) is 0 Å². The number of rotatable bonds is 7. The Labute approximate surface area is 158 Å². The zero-order chi connectivity index (χ0) is 19.1. The van der Waals surface area contributed by atoms with Crippen LogP contribution in [0, 0.1) is 0 Å². The van der Waals surface area contributed by atoms with Crippen LogP contribution in [0.4, 0.5) is 10.6 Å². The lowest BCUT2D eigenvalue weighted by Crippen LogP contribution is -2.48. The van der Waals surface area contributed by atoms with Crippen LogP contribution in [0.2, 0.25) is 0 Å². The second kappa shape index (κ2) is 9.18. The number of hydrogen-bond acceptors (Lipinski definition) is 4. The largest absolute Gasteiger partial charge is 0.354 e. The standard InChI is InChI=1S/C19H26N6O2/c1-15(16-6-3-2-4-7-16)25-17(8-10-22-25)23-19(27)21-9-5-12-24-13-11-20-18(26)14-24/h2-4,6-8,10,15H,5,9,11-14H2,1H3,(H,20,26)(H2,21,23,27). The fourth-order valence-corrected chi connectivity index (χ4v) is 3.14. The molecule has 0 spiro atoms. The van der Waals surface area contributed by atoms with Gasteiger partial charge in [0.1, 0.15) is 5.82 Å². The van der Waals surface area contributed by atoms with Gasteiger partial charge < -0.3 is 10.6 Å². The highest BCUT2D eigenvalue weighted by Crippen LogP contribution is 2.21. The minimum Gasteiger partial charge on any atom is -0.354 e. The third kappa shape index (κ3) is 5.30. The van der Waals surface area contributed by atoms with Crippen LogP contribution in [0.25, 0.3) is 0 Å². The Morgan fingerprint density at radius 3 is 2.89 bits per heavy atom. The Bertz CT molecular complexity index is 761. The summed E-state index contributed by atoms with van der Waals surface area (Å²) in [6.07, 6.45) is 2.47. The molecule has 0 saturated carbocycles. The van der Waals surface area contributed by atoms with E-state index in [1.807, 2.05) is 37.3 Å². The number of carbonyl (C=O) groups excluding carboxylic acids is 2. The number of amides is 3. The van der Waals surface area contributed by atoms with E-state index in [1.165, 1.54) is 0 Å². The van der Waals surface area contributed by atoms with E-state index >= 15 is 0 Å². The predicted octanol–water partition coefficient (Wildman–Crippen LogP) is 1.44. The summed E-state index contributed by atoms with van der Waals surface area (Å²) >= 11 is 0. The quantitative estimate of drug-likeness (QED) is 0.643. The maximum Gasteiger partial charge on any atom is 0.320 e. The number of aromatic nitrogens is 2. The van der Waals surface area contributed by atoms with Gasteiger partial charge in [0, 0.05) is 32.2 Å². The first-order valence-corrected chi connectivity index (χ1v) is 9.26. The third-order valence-electron chi connectivity index (χ3n) is 4.61. The van der Waals surface area contributed by atoms with E-state index in [1.54, 1.807) is 16.9 Å². The summed E-state index contributed by atoms with van der Waals surface area (Å²) in [5, 5.41) is 12.9. The van der Waals surface area contributed by atoms with Crippen molar-refractivity contribution >= 4 is 17.8 Å². The van der Waals surface area contributed by atoms with E-state index in [0.29, 0.717) is 25.5 Å². The van der Waals surface area contributed by atoms with Crippen molar-refractivity contribution in [1.29, 1.82) is 0 Å². The molecule has 0 bridgehead atoms. The van der Waals surface area contributed by atoms with Crippen LogP contribution in [-0.4, -0.2) is 59.3 Å². The minimum atomic E-state index is -0.256. The molecule has 1 aliphatic heterocycles. The number of carbonyl (C=O) groups is 2. The molecule has 1 aromatic carbocycles. The van der Waals surface area contributed by atoms with Crippen molar-refractivity contribution in [3.8, 4) is 0 Å². The van der Waals surface area contributed by atoms with Crippen molar-refractivity contribution in [2.45, 2.75) is 19.4 Å². The molecule has 3 rings (SSSR count). The number of nitrogens with one attached hydrogen (secondary N) is 3. The molecule has 1 atom stereocenters. The van der Waals surface area contributed by atoms with Crippen LogP contribution in [0.3, 0.4) is 0 Å². The lowest BCUT2D eigenvalue weighted by atomic mass is 10.1. The first-order valence-electron chi connectivity index (χ1n) is 9.26. The number of anilines is 1. The van der Waals surface area contributed by atoms with Gasteiger partial charge in [-0.05, 0) is 18.9 Å². The molecule has 144 valence electrons. The Balaban J connectivity index is 1.45.